The molecule has 2 amide bonds. The number of ether oxygens (including phenoxy) is 2. The molecule has 0 aromatic rings. The fourth-order valence-corrected chi connectivity index (χ4v) is 0.960. The van der Waals surface area contributed by atoms with Gasteiger partial charge in [-0.25, -0.2) is 4.79 Å². The van der Waals surface area contributed by atoms with E-state index in [1.165, 1.54) is 6.08 Å². The van der Waals surface area contributed by atoms with Gasteiger partial charge in [0.15, 0.2) is 0 Å². The maximum absolute atomic E-state index is 11.2. The number of alkyl carbamates (subject to hydrolysis) is 1. The molecule has 0 aliphatic heterocycles. The smallest absolute Gasteiger partial charge is 0.407 e. The van der Waals surface area contributed by atoms with Crippen LogP contribution in [0.3, 0.4) is 0 Å². The second kappa shape index (κ2) is 8.52. The second-order valence-electron chi connectivity index (χ2n) is 4.54. The van der Waals surface area contributed by atoms with E-state index in [1.54, 1.807) is 20.8 Å². The first-order valence-electron chi connectivity index (χ1n) is 5.80. The van der Waals surface area contributed by atoms with Gasteiger partial charge in [-0.15, -0.1) is 0 Å². The van der Waals surface area contributed by atoms with Crippen molar-refractivity contribution >= 4 is 12.0 Å². The molecular weight excluding hydrogens is 236 g/mol. The number of amides is 2. The van der Waals surface area contributed by atoms with Crippen LogP contribution in [-0.2, 0) is 14.3 Å². The van der Waals surface area contributed by atoms with Crippen LogP contribution in [0.5, 0.6) is 0 Å². The fourth-order valence-electron chi connectivity index (χ4n) is 0.960. The monoisotopic (exact) mass is 258 g/mol. The normalized spacial score (nSPS) is 10.6. The van der Waals surface area contributed by atoms with Crippen LogP contribution in [-0.4, -0.2) is 43.9 Å². The second-order valence-corrected chi connectivity index (χ2v) is 4.54. The molecule has 0 atom stereocenters. The number of rotatable bonds is 7. The molecule has 0 bridgehead atoms. The van der Waals surface area contributed by atoms with E-state index < -0.39 is 11.7 Å². The Morgan fingerprint density at radius 3 is 2.22 bits per heavy atom. The first kappa shape index (κ1) is 16.4. The molecule has 2 N–H and O–H groups in total. The van der Waals surface area contributed by atoms with Gasteiger partial charge in [-0.2, -0.15) is 0 Å². The van der Waals surface area contributed by atoms with E-state index >= 15 is 0 Å². The Balaban J connectivity index is 3.38. The van der Waals surface area contributed by atoms with Crippen molar-refractivity contribution in [3.8, 4) is 0 Å². The Hall–Kier alpha value is -1.56. The minimum atomic E-state index is -0.500. The molecule has 0 unspecified atom stereocenters. The third-order valence-corrected chi connectivity index (χ3v) is 1.65. The summed E-state index contributed by atoms with van der Waals surface area (Å²) >= 11 is 0. The summed E-state index contributed by atoms with van der Waals surface area (Å²) < 4.78 is 10.2. The third-order valence-electron chi connectivity index (χ3n) is 1.65. The summed E-state index contributed by atoms with van der Waals surface area (Å²) in [5.41, 5.74) is -0.500. The van der Waals surface area contributed by atoms with Crippen LogP contribution >= 0.6 is 0 Å². The highest BCUT2D eigenvalue weighted by atomic mass is 16.6. The number of carbonyl (C=O) groups excluding carboxylic acids is 2. The standard InChI is InChI=1S/C12H22N2O4/c1-5-10(15)13-6-8-17-9-7-14-11(16)18-12(2,3)4/h5H,1,6-9H2,2-4H3,(H,13,15)(H,14,16). The average Bonchev–Trinajstić information content (AvgIpc) is 2.25. The van der Waals surface area contributed by atoms with Crippen molar-refractivity contribution in [3.05, 3.63) is 12.7 Å². The van der Waals surface area contributed by atoms with Gasteiger partial charge in [-0.05, 0) is 26.8 Å². The van der Waals surface area contributed by atoms with Gasteiger partial charge >= 0.3 is 6.09 Å². The molecule has 0 spiro atoms. The number of hydrogen-bond donors (Lipinski definition) is 2. The molecule has 0 heterocycles. The predicted molar refractivity (Wildman–Crippen MR) is 68.3 cm³/mol. The van der Waals surface area contributed by atoms with Crippen molar-refractivity contribution in [3.63, 3.8) is 0 Å². The van der Waals surface area contributed by atoms with Gasteiger partial charge in [0.25, 0.3) is 0 Å². The van der Waals surface area contributed by atoms with Crippen LogP contribution in [0.4, 0.5) is 4.79 Å². The van der Waals surface area contributed by atoms with Crippen LogP contribution in [0, 0.1) is 0 Å². The van der Waals surface area contributed by atoms with Gasteiger partial charge in [0, 0.05) is 13.1 Å². The van der Waals surface area contributed by atoms with Gasteiger partial charge in [-0.1, -0.05) is 6.58 Å². The molecule has 0 saturated carbocycles. The Kier molecular flexibility index (Phi) is 7.78. The summed E-state index contributed by atoms with van der Waals surface area (Å²) in [6.45, 7) is 10.2. The molecule has 6 heteroatoms. The Morgan fingerprint density at radius 2 is 1.72 bits per heavy atom. The number of hydrogen-bond acceptors (Lipinski definition) is 4. The molecule has 0 aliphatic carbocycles. The van der Waals surface area contributed by atoms with Crippen LogP contribution in [0.15, 0.2) is 12.7 Å². The van der Waals surface area contributed by atoms with Crippen molar-refractivity contribution < 1.29 is 19.1 Å². The minimum Gasteiger partial charge on any atom is -0.444 e. The molecule has 104 valence electrons. The van der Waals surface area contributed by atoms with Gasteiger partial charge in [-0.3, -0.25) is 4.79 Å². The lowest BCUT2D eigenvalue weighted by atomic mass is 10.2. The van der Waals surface area contributed by atoms with Crippen molar-refractivity contribution in [2.24, 2.45) is 0 Å². The number of nitrogens with one attached hydrogen (secondary N) is 2. The van der Waals surface area contributed by atoms with Crippen molar-refractivity contribution in [2.75, 3.05) is 26.3 Å². The molecule has 6 nitrogen and oxygen atoms in total. The van der Waals surface area contributed by atoms with Crippen LogP contribution in [0.25, 0.3) is 0 Å². The summed E-state index contributed by atoms with van der Waals surface area (Å²) in [5.74, 6) is -0.231. The fraction of sp³-hybridized carbons (Fsp3) is 0.667. The van der Waals surface area contributed by atoms with Gasteiger partial charge in [0.05, 0.1) is 13.2 Å². The molecule has 0 aliphatic rings. The van der Waals surface area contributed by atoms with Gasteiger partial charge in [0.2, 0.25) is 5.91 Å². The van der Waals surface area contributed by atoms with Gasteiger partial charge < -0.3 is 20.1 Å². The highest BCUT2D eigenvalue weighted by Crippen LogP contribution is 2.05. The van der Waals surface area contributed by atoms with Crippen LogP contribution in [0.1, 0.15) is 20.8 Å². The summed E-state index contributed by atoms with van der Waals surface area (Å²) in [5, 5.41) is 5.13. The first-order chi connectivity index (χ1) is 8.35. The topological polar surface area (TPSA) is 76.7 Å². The largest absolute Gasteiger partial charge is 0.444 e. The lowest BCUT2D eigenvalue weighted by Gasteiger charge is -2.19. The SMILES string of the molecule is C=CC(=O)NCCOCCNC(=O)OC(C)(C)C. The van der Waals surface area contributed by atoms with Crippen LogP contribution < -0.4 is 10.6 Å². The maximum Gasteiger partial charge on any atom is 0.407 e. The quantitative estimate of drug-likeness (QED) is 0.524. The van der Waals surface area contributed by atoms with Gasteiger partial charge in [0.1, 0.15) is 5.60 Å². The Labute approximate surface area is 108 Å². The molecule has 0 aromatic heterocycles. The Morgan fingerprint density at radius 1 is 1.17 bits per heavy atom. The lowest BCUT2D eigenvalue weighted by molar-refractivity contribution is -0.116. The number of carbonyl (C=O) groups is 2. The van der Waals surface area contributed by atoms with E-state index in [9.17, 15) is 9.59 Å². The molecule has 0 radical (unpaired) electrons. The summed E-state index contributed by atoms with van der Waals surface area (Å²) in [4.78, 5) is 22.0. The Bertz CT molecular complexity index is 284. The van der Waals surface area contributed by atoms with Crippen LogP contribution in [0.2, 0.25) is 0 Å². The van der Waals surface area contributed by atoms with E-state index in [1.807, 2.05) is 0 Å². The lowest BCUT2D eigenvalue weighted by Crippen LogP contribution is -2.34. The van der Waals surface area contributed by atoms with E-state index in [-0.39, 0.29) is 5.91 Å². The van der Waals surface area contributed by atoms with E-state index in [2.05, 4.69) is 17.2 Å². The average molecular weight is 258 g/mol. The van der Waals surface area contributed by atoms with E-state index in [0.29, 0.717) is 26.3 Å². The first-order valence-corrected chi connectivity index (χ1v) is 5.80. The zero-order chi connectivity index (χ0) is 14.0. The summed E-state index contributed by atoms with van der Waals surface area (Å²) in [6.07, 6.45) is 0.732. The van der Waals surface area contributed by atoms with E-state index in [0.717, 1.165) is 0 Å². The molecule has 0 saturated heterocycles. The molecule has 0 aromatic carbocycles. The predicted octanol–water partition coefficient (Wildman–Crippen LogP) is 0.830. The van der Waals surface area contributed by atoms with Crippen molar-refractivity contribution in [1.29, 1.82) is 0 Å². The summed E-state index contributed by atoms with van der Waals surface area (Å²) in [7, 11) is 0. The van der Waals surface area contributed by atoms with Crippen molar-refractivity contribution in [2.45, 2.75) is 26.4 Å². The zero-order valence-electron chi connectivity index (χ0n) is 11.2. The van der Waals surface area contributed by atoms with Crippen molar-refractivity contribution in [1.82, 2.24) is 10.6 Å². The maximum atomic E-state index is 11.2. The third kappa shape index (κ3) is 10.9. The molecule has 18 heavy (non-hydrogen) atoms. The highest BCUT2D eigenvalue weighted by Gasteiger charge is 2.15. The molecular formula is C12H22N2O4. The minimum absolute atomic E-state index is 0.231. The summed E-state index contributed by atoms with van der Waals surface area (Å²) in [6, 6.07) is 0. The van der Waals surface area contributed by atoms with E-state index in [4.69, 9.17) is 9.47 Å². The zero-order valence-corrected chi connectivity index (χ0v) is 11.2. The molecule has 0 fully saturated rings. The highest BCUT2D eigenvalue weighted by molar-refractivity contribution is 5.86. The molecule has 0 rings (SSSR count).